The lowest BCUT2D eigenvalue weighted by Crippen LogP contribution is -2.31. The number of ether oxygens (including phenoxy) is 1. The largest absolute Gasteiger partial charge is 0.455 e. The molecule has 0 unspecified atom stereocenters. The van der Waals surface area contributed by atoms with Gasteiger partial charge in [0.25, 0.3) is 5.91 Å². The average molecular weight is 399 g/mol. The molecule has 3 rings (SSSR count). The van der Waals surface area contributed by atoms with E-state index in [0.29, 0.717) is 32.2 Å². The first-order valence-electron chi connectivity index (χ1n) is 9.90. The molecule has 1 aromatic rings. The highest BCUT2D eigenvalue weighted by atomic mass is 32.2. The molecule has 0 spiro atoms. The Labute approximate surface area is 161 Å². The lowest BCUT2D eigenvalue weighted by molar-refractivity contribution is -0.00300. The van der Waals surface area contributed by atoms with Crippen molar-refractivity contribution >= 4 is 15.9 Å². The van der Waals surface area contributed by atoms with Crippen LogP contribution < -0.4 is 5.32 Å². The Morgan fingerprint density at radius 3 is 2.67 bits per heavy atom. The first-order valence-corrected chi connectivity index (χ1v) is 11.3. The number of carbonyl (C=O) groups is 1. The van der Waals surface area contributed by atoms with E-state index in [-0.39, 0.29) is 22.5 Å². The Bertz CT molecular complexity index is 752. The third-order valence-electron chi connectivity index (χ3n) is 5.53. The highest BCUT2D eigenvalue weighted by Gasteiger charge is 2.31. The van der Waals surface area contributed by atoms with Crippen molar-refractivity contribution in [2.24, 2.45) is 5.92 Å². The summed E-state index contributed by atoms with van der Waals surface area (Å²) in [5.41, 5.74) is 0. The molecule has 1 saturated carbocycles. The minimum atomic E-state index is -3.59. The van der Waals surface area contributed by atoms with Crippen molar-refractivity contribution in [2.75, 3.05) is 26.2 Å². The first kappa shape index (κ1) is 20.4. The van der Waals surface area contributed by atoms with Crippen molar-refractivity contribution in [2.45, 2.75) is 63.4 Å². The Morgan fingerprint density at radius 2 is 1.96 bits per heavy atom. The number of hydrogen-bond donors (Lipinski definition) is 1. The average Bonchev–Trinajstić information content (AvgIpc) is 3.30. The third-order valence-corrected chi connectivity index (χ3v) is 7.54. The maximum atomic E-state index is 12.7. The van der Waals surface area contributed by atoms with E-state index >= 15 is 0 Å². The predicted octanol–water partition coefficient (Wildman–Crippen LogP) is 2.70. The standard InChI is InChI=1S/C19H30N2O5S/c1-14-7-3-4-8-16(14)25-12-9-20-19(22)17-13-18(15(2)26-17)27(23,24)21-10-5-6-11-21/h13-14,16H,3-12H2,1-2H3,(H,20,22)/t14-,16-/m1/s1. The summed E-state index contributed by atoms with van der Waals surface area (Å²) in [6.07, 6.45) is 6.71. The summed E-state index contributed by atoms with van der Waals surface area (Å²) in [6.45, 7) is 5.63. The summed E-state index contributed by atoms with van der Waals surface area (Å²) in [5, 5.41) is 2.75. The molecule has 2 fully saturated rings. The summed E-state index contributed by atoms with van der Waals surface area (Å²) in [6, 6.07) is 1.34. The van der Waals surface area contributed by atoms with E-state index in [4.69, 9.17) is 9.15 Å². The number of carbonyl (C=O) groups excluding carboxylic acids is 1. The third kappa shape index (κ3) is 4.73. The highest BCUT2D eigenvalue weighted by molar-refractivity contribution is 7.89. The van der Waals surface area contributed by atoms with E-state index in [2.05, 4.69) is 12.2 Å². The molecule has 152 valence electrons. The van der Waals surface area contributed by atoms with Gasteiger partial charge in [0.05, 0.1) is 12.7 Å². The summed E-state index contributed by atoms with van der Waals surface area (Å²) in [4.78, 5) is 12.4. The molecule has 1 aromatic heterocycles. The maximum absolute atomic E-state index is 12.7. The van der Waals surface area contributed by atoms with E-state index in [1.54, 1.807) is 6.92 Å². The number of aryl methyl sites for hydroxylation is 1. The zero-order chi connectivity index (χ0) is 19.4. The number of hydrogen-bond acceptors (Lipinski definition) is 5. The van der Waals surface area contributed by atoms with Gasteiger partial charge in [0.2, 0.25) is 10.0 Å². The zero-order valence-electron chi connectivity index (χ0n) is 16.2. The number of nitrogens with zero attached hydrogens (tertiary/aromatic N) is 1. The minimum absolute atomic E-state index is 0.0244. The van der Waals surface area contributed by atoms with Crippen LogP contribution in [0.3, 0.4) is 0 Å². The number of amides is 1. The topological polar surface area (TPSA) is 88.8 Å². The Kier molecular flexibility index (Phi) is 6.60. The van der Waals surface area contributed by atoms with Crippen LogP contribution in [0.2, 0.25) is 0 Å². The fourth-order valence-electron chi connectivity index (χ4n) is 3.89. The highest BCUT2D eigenvalue weighted by Crippen LogP contribution is 2.27. The molecule has 1 aliphatic carbocycles. The van der Waals surface area contributed by atoms with Crippen LogP contribution in [0.4, 0.5) is 0 Å². The molecular weight excluding hydrogens is 368 g/mol. The molecule has 1 N–H and O–H groups in total. The first-order chi connectivity index (χ1) is 12.9. The number of nitrogens with one attached hydrogen (secondary N) is 1. The van der Waals surface area contributed by atoms with Gasteiger partial charge in [-0.3, -0.25) is 4.79 Å². The van der Waals surface area contributed by atoms with Gasteiger partial charge in [-0.2, -0.15) is 4.31 Å². The summed E-state index contributed by atoms with van der Waals surface area (Å²) < 4.78 is 38.1. The molecule has 0 radical (unpaired) electrons. The molecule has 1 aliphatic heterocycles. The van der Waals surface area contributed by atoms with Gasteiger partial charge in [-0.15, -0.1) is 0 Å². The lowest BCUT2D eigenvalue weighted by Gasteiger charge is -2.28. The van der Waals surface area contributed by atoms with Gasteiger partial charge < -0.3 is 14.5 Å². The van der Waals surface area contributed by atoms with E-state index in [0.717, 1.165) is 19.3 Å². The van der Waals surface area contributed by atoms with Crippen LogP contribution in [0.25, 0.3) is 0 Å². The quantitative estimate of drug-likeness (QED) is 0.714. The van der Waals surface area contributed by atoms with E-state index < -0.39 is 15.9 Å². The molecule has 1 amide bonds. The van der Waals surface area contributed by atoms with Crippen molar-refractivity contribution in [1.82, 2.24) is 9.62 Å². The molecule has 27 heavy (non-hydrogen) atoms. The van der Waals surface area contributed by atoms with Crippen LogP contribution >= 0.6 is 0 Å². The van der Waals surface area contributed by atoms with Gasteiger partial charge >= 0.3 is 0 Å². The molecule has 2 aliphatic rings. The van der Waals surface area contributed by atoms with Crippen LogP contribution in [0.15, 0.2) is 15.4 Å². The normalized spacial score (nSPS) is 24.2. The molecule has 0 aromatic carbocycles. The van der Waals surface area contributed by atoms with Crippen molar-refractivity contribution < 1.29 is 22.4 Å². The van der Waals surface area contributed by atoms with Crippen LogP contribution in [0, 0.1) is 12.8 Å². The van der Waals surface area contributed by atoms with Crippen molar-refractivity contribution in [3.63, 3.8) is 0 Å². The van der Waals surface area contributed by atoms with Crippen LogP contribution in [-0.4, -0.2) is 51.0 Å². The van der Waals surface area contributed by atoms with E-state index in [9.17, 15) is 13.2 Å². The van der Waals surface area contributed by atoms with Crippen LogP contribution in [-0.2, 0) is 14.8 Å². The molecule has 7 nitrogen and oxygen atoms in total. The van der Waals surface area contributed by atoms with Gasteiger partial charge in [-0.1, -0.05) is 19.8 Å². The van der Waals surface area contributed by atoms with Crippen molar-refractivity contribution in [3.05, 3.63) is 17.6 Å². The molecule has 1 saturated heterocycles. The summed E-state index contributed by atoms with van der Waals surface area (Å²) >= 11 is 0. The Balaban J connectivity index is 1.53. The molecule has 0 bridgehead atoms. The second-order valence-electron chi connectivity index (χ2n) is 7.57. The number of rotatable bonds is 7. The van der Waals surface area contributed by atoms with Gasteiger partial charge in [0, 0.05) is 25.7 Å². The molecular formula is C19H30N2O5S. The van der Waals surface area contributed by atoms with E-state index in [1.807, 2.05) is 0 Å². The minimum Gasteiger partial charge on any atom is -0.455 e. The van der Waals surface area contributed by atoms with Gasteiger partial charge in [-0.05, 0) is 38.5 Å². The van der Waals surface area contributed by atoms with Gasteiger partial charge in [0.15, 0.2) is 5.76 Å². The second-order valence-corrected chi connectivity index (χ2v) is 9.48. The number of sulfonamides is 1. The van der Waals surface area contributed by atoms with Crippen molar-refractivity contribution in [1.29, 1.82) is 0 Å². The smallest absolute Gasteiger partial charge is 0.287 e. The molecule has 2 atom stereocenters. The summed E-state index contributed by atoms with van der Waals surface area (Å²) in [5.74, 6) is 0.414. The molecule has 8 heteroatoms. The van der Waals surface area contributed by atoms with Crippen LogP contribution in [0.5, 0.6) is 0 Å². The summed E-state index contributed by atoms with van der Waals surface area (Å²) in [7, 11) is -3.59. The predicted molar refractivity (Wildman–Crippen MR) is 101 cm³/mol. The maximum Gasteiger partial charge on any atom is 0.287 e. The fraction of sp³-hybridized carbons (Fsp3) is 0.737. The number of furan rings is 1. The zero-order valence-corrected chi connectivity index (χ0v) is 17.0. The lowest BCUT2D eigenvalue weighted by atomic mass is 9.88. The van der Waals surface area contributed by atoms with Gasteiger partial charge in [0.1, 0.15) is 10.7 Å². The Hall–Kier alpha value is -1.38. The van der Waals surface area contributed by atoms with Crippen molar-refractivity contribution in [3.8, 4) is 0 Å². The van der Waals surface area contributed by atoms with Crippen LogP contribution in [0.1, 0.15) is 61.8 Å². The fourth-order valence-corrected chi connectivity index (χ4v) is 5.57. The van der Waals surface area contributed by atoms with E-state index in [1.165, 1.54) is 29.6 Å². The van der Waals surface area contributed by atoms with Gasteiger partial charge in [-0.25, -0.2) is 8.42 Å². The monoisotopic (exact) mass is 398 g/mol. The SMILES string of the molecule is Cc1oc(C(=O)NCCO[C@@H]2CCCC[C@H]2C)cc1S(=O)(=O)N1CCCC1. The Morgan fingerprint density at radius 1 is 1.26 bits per heavy atom. The molecule has 2 heterocycles. The second kappa shape index (κ2) is 8.75.